The van der Waals surface area contributed by atoms with Crippen molar-refractivity contribution in [3.05, 3.63) is 86.1 Å². The number of carbonyl (C=O) groups excluding carboxylic acids is 1. The Bertz CT molecular complexity index is 1380. The second-order valence-electron chi connectivity index (χ2n) is 8.44. The van der Waals surface area contributed by atoms with Gasteiger partial charge in [0.15, 0.2) is 17.3 Å². The van der Waals surface area contributed by atoms with Crippen LogP contribution in [0.4, 0.5) is 0 Å². The number of carbonyl (C=O) groups is 1. The minimum atomic E-state index is -0.144. The molecule has 0 unspecified atom stereocenters. The summed E-state index contributed by atoms with van der Waals surface area (Å²) < 4.78 is 23.0. The van der Waals surface area contributed by atoms with Gasteiger partial charge in [0.2, 0.25) is 12.6 Å². The molecule has 3 aromatic rings. The van der Waals surface area contributed by atoms with E-state index in [1.165, 1.54) is 0 Å². The van der Waals surface area contributed by atoms with Crippen molar-refractivity contribution in [2.24, 2.45) is 0 Å². The summed E-state index contributed by atoms with van der Waals surface area (Å²) >= 11 is 12.2. The largest absolute Gasteiger partial charge is 0.478 e. The molecule has 0 fully saturated rings. The summed E-state index contributed by atoms with van der Waals surface area (Å²) in [7, 11) is 0. The van der Waals surface area contributed by atoms with Gasteiger partial charge in [-0.3, -0.25) is 9.69 Å². The number of nitrogens with zero attached hydrogens (tertiary/aromatic N) is 1. The molecule has 6 rings (SSSR count). The zero-order valence-corrected chi connectivity index (χ0v) is 19.7. The van der Waals surface area contributed by atoms with E-state index < -0.39 is 0 Å². The highest BCUT2D eigenvalue weighted by atomic mass is 35.5. The van der Waals surface area contributed by atoms with Crippen LogP contribution in [0.1, 0.15) is 32.6 Å². The topological polar surface area (TPSA) is 57.2 Å². The van der Waals surface area contributed by atoms with Gasteiger partial charge in [-0.1, -0.05) is 35.3 Å². The normalized spacial score (nSPS) is 17.4. The van der Waals surface area contributed by atoms with E-state index in [1.807, 2.05) is 43.3 Å². The monoisotopic (exact) mass is 495 g/mol. The number of rotatable bonds is 3. The standard InChI is InChI=1S/C26H19Cl2NO5/c1-14-6-21-17(11-29(12-31-21)10-16-2-4-18(27)19(28)7-16)26-24(14)25(30)23(34-26)9-15-3-5-20-22(8-15)33-13-32-20/h2-9H,10-13H2,1H3/b23-9-. The summed E-state index contributed by atoms with van der Waals surface area (Å²) in [4.78, 5) is 15.4. The summed E-state index contributed by atoms with van der Waals surface area (Å²) in [6, 6.07) is 13.0. The molecule has 0 atom stereocenters. The maximum absolute atomic E-state index is 13.3. The molecular weight excluding hydrogens is 477 g/mol. The van der Waals surface area contributed by atoms with Crippen molar-refractivity contribution >= 4 is 35.1 Å². The first kappa shape index (κ1) is 21.4. The van der Waals surface area contributed by atoms with E-state index in [2.05, 4.69) is 4.90 Å². The summed E-state index contributed by atoms with van der Waals surface area (Å²) in [6.07, 6.45) is 1.73. The molecule has 34 heavy (non-hydrogen) atoms. The lowest BCUT2D eigenvalue weighted by atomic mass is 9.98. The van der Waals surface area contributed by atoms with Gasteiger partial charge in [0, 0.05) is 13.1 Å². The average Bonchev–Trinajstić information content (AvgIpc) is 3.41. The van der Waals surface area contributed by atoms with Crippen LogP contribution in [0.15, 0.2) is 48.2 Å². The highest BCUT2D eigenvalue weighted by molar-refractivity contribution is 6.42. The van der Waals surface area contributed by atoms with E-state index >= 15 is 0 Å². The lowest BCUT2D eigenvalue weighted by molar-refractivity contribution is 0.0872. The van der Waals surface area contributed by atoms with E-state index in [4.69, 9.17) is 42.1 Å². The van der Waals surface area contributed by atoms with Crippen molar-refractivity contribution in [1.82, 2.24) is 4.90 Å². The molecular formula is C26H19Cl2NO5. The van der Waals surface area contributed by atoms with Crippen LogP contribution in [0.25, 0.3) is 6.08 Å². The van der Waals surface area contributed by atoms with Crippen LogP contribution in [0.2, 0.25) is 10.0 Å². The number of hydrogen-bond acceptors (Lipinski definition) is 6. The molecule has 0 amide bonds. The number of halogens is 2. The van der Waals surface area contributed by atoms with Gasteiger partial charge < -0.3 is 18.9 Å². The third kappa shape index (κ3) is 3.68. The highest BCUT2D eigenvalue weighted by Gasteiger charge is 2.35. The first-order valence-electron chi connectivity index (χ1n) is 10.8. The van der Waals surface area contributed by atoms with E-state index in [0.717, 1.165) is 28.0 Å². The van der Waals surface area contributed by atoms with Crippen molar-refractivity contribution in [1.29, 1.82) is 0 Å². The van der Waals surface area contributed by atoms with Crippen LogP contribution in [0, 0.1) is 6.92 Å². The Labute approximate surface area is 206 Å². The molecule has 172 valence electrons. The molecule has 3 heterocycles. The zero-order valence-electron chi connectivity index (χ0n) is 18.2. The number of Topliss-reactive ketones (excluding diaryl/α,β-unsaturated/α-hetero) is 1. The number of ketones is 1. The number of fused-ring (bicyclic) bond motifs is 4. The second-order valence-corrected chi connectivity index (χ2v) is 9.25. The SMILES string of the molecule is Cc1cc2c(c3c1C(=O)/C(=C/c1ccc4c(c1)OCO4)O3)CN(Cc1ccc(Cl)c(Cl)c1)CO2. The van der Waals surface area contributed by atoms with Gasteiger partial charge in [-0.15, -0.1) is 0 Å². The molecule has 0 radical (unpaired) electrons. The maximum Gasteiger partial charge on any atom is 0.232 e. The Morgan fingerprint density at radius 2 is 1.82 bits per heavy atom. The van der Waals surface area contributed by atoms with Crippen molar-refractivity contribution < 1.29 is 23.7 Å². The first-order chi connectivity index (χ1) is 16.5. The Balaban J connectivity index is 1.30. The number of allylic oxidation sites excluding steroid dienone is 1. The molecule has 3 aliphatic rings. The maximum atomic E-state index is 13.3. The van der Waals surface area contributed by atoms with Gasteiger partial charge in [-0.2, -0.15) is 0 Å². The van der Waals surface area contributed by atoms with Crippen LogP contribution in [0.3, 0.4) is 0 Å². The fraction of sp³-hybridized carbons (Fsp3) is 0.192. The van der Waals surface area contributed by atoms with Crippen LogP contribution in [-0.2, 0) is 13.1 Å². The Morgan fingerprint density at radius 3 is 2.68 bits per heavy atom. The fourth-order valence-electron chi connectivity index (χ4n) is 4.43. The van der Waals surface area contributed by atoms with Gasteiger partial charge in [0.05, 0.1) is 21.2 Å². The lowest BCUT2D eigenvalue weighted by Gasteiger charge is -2.30. The van der Waals surface area contributed by atoms with Crippen molar-refractivity contribution in [2.75, 3.05) is 13.5 Å². The van der Waals surface area contributed by atoms with Crippen LogP contribution < -0.4 is 18.9 Å². The van der Waals surface area contributed by atoms with Gasteiger partial charge in [-0.05, 0) is 60.0 Å². The second kappa shape index (κ2) is 8.24. The Morgan fingerprint density at radius 1 is 0.971 bits per heavy atom. The van der Waals surface area contributed by atoms with Crippen molar-refractivity contribution in [3.63, 3.8) is 0 Å². The van der Waals surface area contributed by atoms with Gasteiger partial charge in [-0.25, -0.2) is 0 Å². The number of benzene rings is 3. The Kier molecular flexibility index (Phi) is 5.17. The van der Waals surface area contributed by atoms with Crippen LogP contribution in [-0.4, -0.2) is 24.2 Å². The molecule has 0 aliphatic carbocycles. The third-order valence-corrected chi connectivity index (χ3v) is 6.81. The summed E-state index contributed by atoms with van der Waals surface area (Å²) in [6.45, 7) is 3.70. The molecule has 0 saturated carbocycles. The molecule has 6 nitrogen and oxygen atoms in total. The average molecular weight is 496 g/mol. The number of ether oxygens (including phenoxy) is 4. The molecule has 0 N–H and O–H groups in total. The van der Waals surface area contributed by atoms with Crippen molar-refractivity contribution in [2.45, 2.75) is 20.0 Å². The summed E-state index contributed by atoms with van der Waals surface area (Å²) in [5.74, 6) is 2.76. The first-order valence-corrected chi connectivity index (χ1v) is 11.5. The van der Waals surface area contributed by atoms with Crippen LogP contribution >= 0.6 is 23.2 Å². The minimum Gasteiger partial charge on any atom is -0.478 e. The molecule has 3 aliphatic heterocycles. The predicted octanol–water partition coefficient (Wildman–Crippen LogP) is 6.00. The molecule has 0 saturated heterocycles. The predicted molar refractivity (Wildman–Crippen MR) is 128 cm³/mol. The zero-order chi connectivity index (χ0) is 23.4. The smallest absolute Gasteiger partial charge is 0.232 e. The quantitative estimate of drug-likeness (QED) is 0.415. The number of hydrogen-bond donors (Lipinski definition) is 0. The van der Waals surface area contributed by atoms with Crippen LogP contribution in [0.5, 0.6) is 23.0 Å². The lowest BCUT2D eigenvalue weighted by Crippen LogP contribution is -2.31. The summed E-state index contributed by atoms with van der Waals surface area (Å²) in [5.41, 5.74) is 4.07. The molecule has 8 heteroatoms. The van der Waals surface area contributed by atoms with E-state index in [1.54, 1.807) is 12.1 Å². The molecule has 0 aromatic heterocycles. The van der Waals surface area contributed by atoms with E-state index in [9.17, 15) is 4.79 Å². The number of aryl methyl sites for hydroxylation is 1. The van der Waals surface area contributed by atoms with Gasteiger partial charge in [0.25, 0.3) is 0 Å². The summed E-state index contributed by atoms with van der Waals surface area (Å²) in [5, 5.41) is 1.04. The van der Waals surface area contributed by atoms with Crippen molar-refractivity contribution in [3.8, 4) is 23.0 Å². The molecule has 0 spiro atoms. The molecule has 3 aromatic carbocycles. The van der Waals surface area contributed by atoms with Gasteiger partial charge >= 0.3 is 0 Å². The third-order valence-electron chi connectivity index (χ3n) is 6.07. The Hall–Kier alpha value is -3.19. The highest BCUT2D eigenvalue weighted by Crippen LogP contribution is 2.44. The van der Waals surface area contributed by atoms with E-state index in [-0.39, 0.29) is 18.3 Å². The van der Waals surface area contributed by atoms with E-state index in [0.29, 0.717) is 52.7 Å². The molecule has 0 bridgehead atoms. The fourth-order valence-corrected chi connectivity index (χ4v) is 4.75. The minimum absolute atomic E-state index is 0.144. The van der Waals surface area contributed by atoms with Gasteiger partial charge in [0.1, 0.15) is 18.2 Å².